The van der Waals surface area contributed by atoms with Crippen molar-refractivity contribution in [3.63, 3.8) is 0 Å². The predicted molar refractivity (Wildman–Crippen MR) is 49.5 cm³/mol. The Morgan fingerprint density at radius 3 is 2.73 bits per heavy atom. The van der Waals surface area contributed by atoms with Gasteiger partial charge in [-0.3, -0.25) is 20.9 Å². The van der Waals surface area contributed by atoms with Crippen molar-refractivity contribution in [1.82, 2.24) is 15.6 Å². The molecule has 1 atom stereocenters. The van der Waals surface area contributed by atoms with Crippen LogP contribution >= 0.6 is 12.2 Å². The smallest absolute Gasteiger partial charge is 0.295 e. The number of carbonyl (C=O) groups is 1. The van der Waals surface area contributed by atoms with Gasteiger partial charge in [0.05, 0.1) is 0 Å². The Bertz CT molecular complexity index is 282. The van der Waals surface area contributed by atoms with E-state index in [0.717, 1.165) is 0 Å². The molecular weight excluding hydrogens is 233 g/mol. The van der Waals surface area contributed by atoms with Crippen molar-refractivity contribution in [2.75, 3.05) is 13.1 Å². The topological polar surface area (TPSA) is 70.4 Å². The SMILES string of the molecule is NNC1NCCN(C(=O)C(F)(F)F)C1=S. The molecule has 1 unspecified atom stereocenters. The Morgan fingerprint density at radius 2 is 2.27 bits per heavy atom. The molecule has 9 heteroatoms. The van der Waals surface area contributed by atoms with E-state index in [1.165, 1.54) is 0 Å². The maximum absolute atomic E-state index is 12.1. The molecule has 1 rings (SSSR count). The van der Waals surface area contributed by atoms with E-state index in [4.69, 9.17) is 18.1 Å². The van der Waals surface area contributed by atoms with Gasteiger partial charge in [-0.15, -0.1) is 0 Å². The molecule has 1 fully saturated rings. The molecule has 0 radical (unpaired) electrons. The van der Waals surface area contributed by atoms with Gasteiger partial charge < -0.3 is 0 Å². The molecule has 5 nitrogen and oxygen atoms in total. The van der Waals surface area contributed by atoms with Crippen LogP contribution in [0.5, 0.6) is 0 Å². The number of carbonyl (C=O) groups excluding carboxylic acids is 1. The Balaban J connectivity index is 2.78. The first-order chi connectivity index (χ1) is 6.88. The molecule has 86 valence electrons. The number of halogens is 3. The fourth-order valence-electron chi connectivity index (χ4n) is 1.16. The molecule has 1 saturated heterocycles. The molecule has 1 aliphatic rings. The van der Waals surface area contributed by atoms with Gasteiger partial charge in [0.2, 0.25) is 0 Å². The Labute approximate surface area is 88.7 Å². The average molecular weight is 242 g/mol. The van der Waals surface area contributed by atoms with Gasteiger partial charge >= 0.3 is 12.1 Å². The molecule has 0 saturated carbocycles. The van der Waals surface area contributed by atoms with E-state index in [-0.39, 0.29) is 18.1 Å². The van der Waals surface area contributed by atoms with Crippen LogP contribution in [0.2, 0.25) is 0 Å². The summed E-state index contributed by atoms with van der Waals surface area (Å²) in [5, 5.41) is 2.72. The lowest BCUT2D eigenvalue weighted by Gasteiger charge is -2.34. The van der Waals surface area contributed by atoms with Crippen LogP contribution < -0.4 is 16.6 Å². The first kappa shape index (κ1) is 12.3. The minimum Gasteiger partial charge on any atom is -0.295 e. The molecule has 1 heterocycles. The van der Waals surface area contributed by atoms with Gasteiger partial charge in [-0.05, 0) is 0 Å². The highest BCUT2D eigenvalue weighted by atomic mass is 32.1. The minimum atomic E-state index is -4.92. The second-order valence-corrected chi connectivity index (χ2v) is 3.26. The number of nitrogens with zero attached hydrogens (tertiary/aromatic N) is 1. The van der Waals surface area contributed by atoms with Crippen LogP contribution in [-0.2, 0) is 4.79 Å². The van der Waals surface area contributed by atoms with Gasteiger partial charge in [-0.25, -0.2) is 5.43 Å². The van der Waals surface area contributed by atoms with Crippen molar-refractivity contribution >= 4 is 23.1 Å². The lowest BCUT2D eigenvalue weighted by atomic mass is 10.3. The van der Waals surface area contributed by atoms with Crippen molar-refractivity contribution < 1.29 is 18.0 Å². The highest BCUT2D eigenvalue weighted by Gasteiger charge is 2.45. The molecule has 4 N–H and O–H groups in total. The molecule has 1 amide bonds. The highest BCUT2D eigenvalue weighted by molar-refractivity contribution is 7.80. The molecule has 1 aliphatic heterocycles. The minimum absolute atomic E-state index is 0.116. The summed E-state index contributed by atoms with van der Waals surface area (Å²) in [5.74, 6) is 3.08. The lowest BCUT2D eigenvalue weighted by Crippen LogP contribution is -2.64. The normalized spacial score (nSPS) is 23.1. The van der Waals surface area contributed by atoms with Crippen molar-refractivity contribution in [1.29, 1.82) is 0 Å². The van der Waals surface area contributed by atoms with Crippen LogP contribution in [0.3, 0.4) is 0 Å². The van der Waals surface area contributed by atoms with Gasteiger partial charge in [0.15, 0.2) is 0 Å². The summed E-state index contributed by atoms with van der Waals surface area (Å²) in [5.41, 5.74) is 2.18. The van der Waals surface area contributed by atoms with Crippen LogP contribution in [-0.4, -0.2) is 41.2 Å². The standard InChI is InChI=1S/C6H9F3N4OS/c7-6(8,9)5(14)13-2-1-11-3(12-10)4(13)15/h3,11-12H,1-2,10H2. The number of piperazine rings is 1. The summed E-state index contributed by atoms with van der Waals surface area (Å²) in [7, 11) is 0. The Morgan fingerprint density at radius 1 is 1.67 bits per heavy atom. The highest BCUT2D eigenvalue weighted by Crippen LogP contribution is 2.19. The monoisotopic (exact) mass is 242 g/mol. The molecule has 0 aromatic heterocycles. The summed E-state index contributed by atoms with van der Waals surface area (Å²) in [6.45, 7) is 0.0756. The first-order valence-corrected chi connectivity index (χ1v) is 4.41. The number of nitrogens with two attached hydrogens (primary N) is 1. The van der Waals surface area contributed by atoms with Crippen LogP contribution in [0.4, 0.5) is 13.2 Å². The summed E-state index contributed by atoms with van der Waals surface area (Å²) in [4.78, 5) is 11.2. The van der Waals surface area contributed by atoms with Crippen molar-refractivity contribution in [2.45, 2.75) is 12.3 Å². The van der Waals surface area contributed by atoms with E-state index in [1.54, 1.807) is 0 Å². The summed E-state index contributed by atoms with van der Waals surface area (Å²) in [6, 6.07) is 0. The zero-order valence-electron chi connectivity index (χ0n) is 7.47. The average Bonchev–Trinajstić information content (AvgIpc) is 2.16. The summed E-state index contributed by atoms with van der Waals surface area (Å²) in [6.07, 6.45) is -5.71. The van der Waals surface area contributed by atoms with Crippen LogP contribution in [0.15, 0.2) is 0 Å². The van der Waals surface area contributed by atoms with Crippen LogP contribution in [0.25, 0.3) is 0 Å². The van der Waals surface area contributed by atoms with Gasteiger partial charge in [0.1, 0.15) is 11.2 Å². The van der Waals surface area contributed by atoms with Gasteiger partial charge in [0.25, 0.3) is 0 Å². The van der Waals surface area contributed by atoms with Gasteiger partial charge in [-0.2, -0.15) is 13.2 Å². The maximum Gasteiger partial charge on any atom is 0.471 e. The molecule has 15 heavy (non-hydrogen) atoms. The van der Waals surface area contributed by atoms with Crippen molar-refractivity contribution in [3.05, 3.63) is 0 Å². The molecule has 0 aromatic rings. The molecule has 0 bridgehead atoms. The second kappa shape index (κ2) is 4.39. The summed E-state index contributed by atoms with van der Waals surface area (Å²) < 4.78 is 36.3. The fourth-order valence-corrected chi connectivity index (χ4v) is 1.48. The van der Waals surface area contributed by atoms with E-state index >= 15 is 0 Å². The Hall–Kier alpha value is -0.770. The third kappa shape index (κ3) is 2.62. The van der Waals surface area contributed by atoms with E-state index in [1.807, 2.05) is 0 Å². The van der Waals surface area contributed by atoms with Crippen LogP contribution in [0, 0.1) is 0 Å². The van der Waals surface area contributed by atoms with Gasteiger partial charge in [0, 0.05) is 13.1 Å². The quantitative estimate of drug-likeness (QED) is 0.316. The number of hydrazine groups is 1. The second-order valence-electron chi connectivity index (χ2n) is 2.85. The number of alkyl halides is 3. The van der Waals surface area contributed by atoms with E-state index in [2.05, 4.69) is 10.7 Å². The number of thiocarbonyl (C=S) groups is 1. The number of amides is 1. The molecule has 0 aliphatic carbocycles. The van der Waals surface area contributed by atoms with Crippen molar-refractivity contribution in [3.8, 4) is 0 Å². The fraction of sp³-hybridized carbons (Fsp3) is 0.667. The molecular formula is C6H9F3N4OS. The number of rotatable bonds is 1. The van der Waals surface area contributed by atoms with E-state index in [0.29, 0.717) is 4.90 Å². The zero-order valence-corrected chi connectivity index (χ0v) is 8.28. The zero-order chi connectivity index (χ0) is 11.6. The lowest BCUT2D eigenvalue weighted by molar-refractivity contribution is -0.181. The third-order valence-electron chi connectivity index (χ3n) is 1.85. The van der Waals surface area contributed by atoms with E-state index in [9.17, 15) is 18.0 Å². The largest absolute Gasteiger partial charge is 0.471 e. The number of hydrogen-bond donors (Lipinski definition) is 3. The molecule has 0 spiro atoms. The summed E-state index contributed by atoms with van der Waals surface area (Å²) >= 11 is 4.69. The number of hydrogen-bond acceptors (Lipinski definition) is 5. The Kier molecular flexibility index (Phi) is 3.60. The molecule has 0 aromatic carbocycles. The number of nitrogens with one attached hydrogen (secondary N) is 2. The third-order valence-corrected chi connectivity index (χ3v) is 2.31. The van der Waals surface area contributed by atoms with E-state index < -0.39 is 18.2 Å². The first-order valence-electron chi connectivity index (χ1n) is 4.00. The maximum atomic E-state index is 12.1. The predicted octanol–water partition coefficient (Wildman–Crippen LogP) is -0.903. The van der Waals surface area contributed by atoms with Crippen molar-refractivity contribution in [2.24, 2.45) is 5.84 Å². The van der Waals surface area contributed by atoms with Gasteiger partial charge in [-0.1, -0.05) is 12.2 Å². The van der Waals surface area contributed by atoms with Crippen LogP contribution in [0.1, 0.15) is 0 Å².